The largest absolute Gasteiger partial charge is 0.507 e. The Kier molecular flexibility index (Phi) is 11.2. The molecule has 158 valence electrons. The number of nitrogens with one attached hydrogen (secondary N) is 3. The molecule has 4 N–H and O–H groups in total. The van der Waals surface area contributed by atoms with Gasteiger partial charge < -0.3 is 25.8 Å². The highest BCUT2D eigenvalue weighted by Crippen LogP contribution is 2.44. The summed E-state index contributed by atoms with van der Waals surface area (Å²) >= 11 is 0. The molecular weight excluding hydrogens is 471 g/mol. The van der Waals surface area contributed by atoms with Gasteiger partial charge >= 0.3 is 0 Å². The van der Waals surface area contributed by atoms with Crippen LogP contribution >= 0.6 is 24.0 Å². The van der Waals surface area contributed by atoms with Crippen molar-refractivity contribution in [3.05, 3.63) is 29.8 Å². The maximum absolute atomic E-state index is 12.1. The van der Waals surface area contributed by atoms with Gasteiger partial charge in [0, 0.05) is 39.9 Å². The molecule has 1 aromatic rings. The van der Waals surface area contributed by atoms with Crippen molar-refractivity contribution in [1.82, 2.24) is 16.0 Å². The first-order chi connectivity index (χ1) is 13.1. The second-order valence-electron chi connectivity index (χ2n) is 6.99. The zero-order valence-corrected chi connectivity index (χ0v) is 19.1. The van der Waals surface area contributed by atoms with Crippen molar-refractivity contribution in [3.8, 4) is 5.75 Å². The summed E-state index contributed by atoms with van der Waals surface area (Å²) in [7, 11) is 1.74. The van der Waals surface area contributed by atoms with Crippen LogP contribution in [0.2, 0.25) is 0 Å². The number of nitrogens with zero attached hydrogens (tertiary/aromatic N) is 1. The van der Waals surface area contributed by atoms with Crippen LogP contribution in [-0.2, 0) is 4.74 Å². The molecule has 1 saturated carbocycles. The lowest BCUT2D eigenvalue weighted by Crippen LogP contribution is -2.43. The number of phenols is 1. The van der Waals surface area contributed by atoms with E-state index in [9.17, 15) is 9.90 Å². The number of hydrogen-bond donors (Lipinski definition) is 4. The van der Waals surface area contributed by atoms with Crippen molar-refractivity contribution in [2.24, 2.45) is 10.4 Å². The topological polar surface area (TPSA) is 95.0 Å². The van der Waals surface area contributed by atoms with Gasteiger partial charge in [0.15, 0.2) is 5.96 Å². The number of aliphatic imine (C=N–C) groups is 1. The molecule has 1 aromatic carbocycles. The monoisotopic (exact) mass is 504 g/mol. The van der Waals surface area contributed by atoms with Crippen LogP contribution < -0.4 is 16.0 Å². The van der Waals surface area contributed by atoms with Crippen LogP contribution in [0.15, 0.2) is 29.3 Å². The van der Waals surface area contributed by atoms with Gasteiger partial charge in [0.25, 0.3) is 5.91 Å². The first kappa shape index (κ1) is 24.5. The van der Waals surface area contributed by atoms with Crippen LogP contribution in [0.4, 0.5) is 0 Å². The van der Waals surface area contributed by atoms with E-state index >= 15 is 0 Å². The zero-order valence-electron chi connectivity index (χ0n) is 16.8. The summed E-state index contributed by atoms with van der Waals surface area (Å²) in [5.74, 6) is 0.461. The van der Waals surface area contributed by atoms with E-state index in [-0.39, 0.29) is 46.6 Å². The number of hydrogen-bond acceptors (Lipinski definition) is 4. The van der Waals surface area contributed by atoms with Gasteiger partial charge in [-0.3, -0.25) is 9.79 Å². The SMILES string of the molecule is CCNC(=NCC1(CCOC)CCC1)NCCNC(=O)c1ccccc1O.I. The Morgan fingerprint density at radius 3 is 2.54 bits per heavy atom. The number of benzene rings is 1. The van der Waals surface area contributed by atoms with Crippen LogP contribution in [0.5, 0.6) is 5.75 Å². The highest BCUT2D eigenvalue weighted by molar-refractivity contribution is 14.0. The molecule has 0 aliphatic heterocycles. The number of ether oxygens (including phenoxy) is 1. The van der Waals surface area contributed by atoms with Gasteiger partial charge in [-0.05, 0) is 43.7 Å². The van der Waals surface area contributed by atoms with E-state index in [0.717, 1.165) is 32.1 Å². The molecule has 0 heterocycles. The standard InChI is InChI=1S/C20H32N4O3.HI/c1-3-21-19(24-15-20(9-6-10-20)11-14-27-2)23-13-12-22-18(26)16-7-4-5-8-17(16)25;/h4-5,7-8,25H,3,6,9-15H2,1-2H3,(H,22,26)(H2,21,23,24);1H. The first-order valence-corrected chi connectivity index (χ1v) is 9.67. The Labute approximate surface area is 184 Å². The lowest BCUT2D eigenvalue weighted by molar-refractivity contribution is 0.0778. The average Bonchev–Trinajstić information content (AvgIpc) is 2.64. The minimum atomic E-state index is -0.287. The van der Waals surface area contributed by atoms with E-state index < -0.39 is 0 Å². The van der Waals surface area contributed by atoms with E-state index in [2.05, 4.69) is 16.0 Å². The number of phenolic OH excluding ortho intramolecular Hbond substituents is 1. The molecule has 28 heavy (non-hydrogen) atoms. The molecule has 8 heteroatoms. The molecule has 0 aromatic heterocycles. The number of halogens is 1. The van der Waals surface area contributed by atoms with E-state index in [4.69, 9.17) is 9.73 Å². The molecule has 1 amide bonds. The third kappa shape index (κ3) is 7.46. The Bertz CT molecular complexity index is 636. The van der Waals surface area contributed by atoms with Crippen molar-refractivity contribution in [1.29, 1.82) is 0 Å². The van der Waals surface area contributed by atoms with Crippen molar-refractivity contribution < 1.29 is 14.6 Å². The highest BCUT2D eigenvalue weighted by atomic mass is 127. The number of carbonyl (C=O) groups excluding carboxylic acids is 1. The first-order valence-electron chi connectivity index (χ1n) is 9.67. The molecule has 0 bridgehead atoms. The van der Waals surface area contributed by atoms with Crippen LogP contribution in [0.25, 0.3) is 0 Å². The number of amides is 1. The van der Waals surface area contributed by atoms with E-state index in [1.807, 2.05) is 6.92 Å². The predicted molar refractivity (Wildman–Crippen MR) is 123 cm³/mol. The quantitative estimate of drug-likeness (QED) is 0.170. The van der Waals surface area contributed by atoms with Crippen LogP contribution in [0, 0.1) is 5.41 Å². The Morgan fingerprint density at radius 1 is 1.21 bits per heavy atom. The van der Waals surface area contributed by atoms with Gasteiger partial charge in [-0.2, -0.15) is 0 Å². The number of methoxy groups -OCH3 is 1. The molecule has 0 radical (unpaired) electrons. The molecule has 2 rings (SSSR count). The van der Waals surface area contributed by atoms with Gasteiger partial charge in [-0.25, -0.2) is 0 Å². The molecule has 1 aliphatic carbocycles. The number of rotatable bonds is 10. The fraction of sp³-hybridized carbons (Fsp3) is 0.600. The summed E-state index contributed by atoms with van der Waals surface area (Å²) in [6.07, 6.45) is 4.72. The van der Waals surface area contributed by atoms with Crippen molar-refractivity contribution in [3.63, 3.8) is 0 Å². The molecule has 0 atom stereocenters. The lowest BCUT2D eigenvalue weighted by atomic mass is 9.67. The number of guanidine groups is 1. The van der Waals surface area contributed by atoms with Crippen molar-refractivity contribution in [2.75, 3.05) is 39.9 Å². The minimum absolute atomic E-state index is 0. The summed E-state index contributed by atoms with van der Waals surface area (Å²) in [5.41, 5.74) is 0.556. The second-order valence-corrected chi connectivity index (χ2v) is 6.99. The van der Waals surface area contributed by atoms with Gasteiger partial charge in [0.1, 0.15) is 5.75 Å². The van der Waals surface area contributed by atoms with E-state index in [1.165, 1.54) is 25.3 Å². The van der Waals surface area contributed by atoms with Gasteiger partial charge in [-0.1, -0.05) is 18.6 Å². The molecule has 0 saturated heterocycles. The Hall–Kier alpha value is -1.55. The van der Waals surface area contributed by atoms with Gasteiger partial charge in [0.05, 0.1) is 5.56 Å². The summed E-state index contributed by atoms with van der Waals surface area (Å²) in [6.45, 7) is 5.36. The van der Waals surface area contributed by atoms with Gasteiger partial charge in [0.2, 0.25) is 0 Å². The summed E-state index contributed by atoms with van der Waals surface area (Å²) < 4.78 is 5.24. The van der Waals surface area contributed by atoms with E-state index in [1.54, 1.807) is 25.3 Å². The third-order valence-electron chi connectivity index (χ3n) is 5.02. The highest BCUT2D eigenvalue weighted by Gasteiger charge is 2.36. The number of para-hydroxylation sites is 1. The van der Waals surface area contributed by atoms with Crippen LogP contribution in [-0.4, -0.2) is 56.9 Å². The van der Waals surface area contributed by atoms with Crippen LogP contribution in [0.1, 0.15) is 43.0 Å². The predicted octanol–water partition coefficient (Wildman–Crippen LogP) is 2.50. The summed E-state index contributed by atoms with van der Waals surface area (Å²) in [5, 5.41) is 19.0. The maximum Gasteiger partial charge on any atom is 0.255 e. The summed E-state index contributed by atoms with van der Waals surface area (Å²) in [4.78, 5) is 16.8. The third-order valence-corrected chi connectivity index (χ3v) is 5.02. The molecule has 7 nitrogen and oxygen atoms in total. The fourth-order valence-corrected chi connectivity index (χ4v) is 3.19. The fourth-order valence-electron chi connectivity index (χ4n) is 3.19. The lowest BCUT2D eigenvalue weighted by Gasteiger charge is -2.40. The number of carbonyl (C=O) groups is 1. The normalized spacial score (nSPS) is 15.1. The zero-order chi connectivity index (χ0) is 19.5. The smallest absolute Gasteiger partial charge is 0.255 e. The number of aromatic hydroxyl groups is 1. The van der Waals surface area contributed by atoms with E-state index in [0.29, 0.717) is 13.1 Å². The molecule has 0 spiro atoms. The Morgan fingerprint density at radius 2 is 1.93 bits per heavy atom. The van der Waals surface area contributed by atoms with Gasteiger partial charge in [-0.15, -0.1) is 24.0 Å². The Balaban J connectivity index is 0.00000392. The average molecular weight is 504 g/mol. The second kappa shape index (κ2) is 12.8. The maximum atomic E-state index is 12.1. The molecule has 1 aliphatic rings. The minimum Gasteiger partial charge on any atom is -0.507 e. The molecule has 0 unspecified atom stereocenters. The summed E-state index contributed by atoms with van der Waals surface area (Å²) in [6, 6.07) is 6.52. The molecular formula is C20H33IN4O3. The van der Waals surface area contributed by atoms with Crippen molar-refractivity contribution >= 4 is 35.8 Å². The van der Waals surface area contributed by atoms with Crippen LogP contribution in [0.3, 0.4) is 0 Å². The van der Waals surface area contributed by atoms with Crippen molar-refractivity contribution in [2.45, 2.75) is 32.6 Å². The molecule has 1 fully saturated rings.